The summed E-state index contributed by atoms with van der Waals surface area (Å²) >= 11 is 11.4. The van der Waals surface area contributed by atoms with Crippen LogP contribution in [0.4, 0.5) is 4.39 Å². The fourth-order valence-corrected chi connectivity index (χ4v) is 1.27. The second-order valence-electron chi connectivity index (χ2n) is 2.67. The molecule has 72 valence electrons. The molecule has 0 aliphatic carbocycles. The second kappa shape index (κ2) is 4.45. The molecule has 1 nitrogen and oxygen atoms in total. The van der Waals surface area contributed by atoms with E-state index in [1.807, 2.05) is 6.07 Å². The first kappa shape index (κ1) is 11.0. The third kappa shape index (κ3) is 2.25. The van der Waals surface area contributed by atoms with Gasteiger partial charge >= 0.3 is 0 Å². The van der Waals surface area contributed by atoms with Crippen molar-refractivity contribution in [1.29, 1.82) is 5.26 Å². The Morgan fingerprint density at radius 1 is 1.50 bits per heavy atom. The number of allylic oxidation sites excluding steroid dienone is 1. The summed E-state index contributed by atoms with van der Waals surface area (Å²) in [4.78, 5) is 0. The number of nitrogens with zero attached hydrogens (tertiary/aromatic N) is 1. The highest BCUT2D eigenvalue weighted by Crippen LogP contribution is 2.26. The Balaban J connectivity index is 3.29. The first-order valence-electron chi connectivity index (χ1n) is 3.78. The van der Waals surface area contributed by atoms with Gasteiger partial charge in [-0.25, -0.2) is 4.39 Å². The number of rotatable bonds is 1. The van der Waals surface area contributed by atoms with Crippen LogP contribution in [0.25, 0.3) is 5.03 Å². The number of halogens is 3. The molecule has 0 spiro atoms. The minimum absolute atomic E-state index is 0.113. The minimum Gasteiger partial charge on any atom is -0.206 e. The first-order valence-corrected chi connectivity index (χ1v) is 4.53. The van der Waals surface area contributed by atoms with Gasteiger partial charge in [-0.15, -0.1) is 0 Å². The summed E-state index contributed by atoms with van der Waals surface area (Å²) in [5.74, 6) is -0.530. The smallest absolute Gasteiger partial charge is 0.133 e. The van der Waals surface area contributed by atoms with Gasteiger partial charge in [0, 0.05) is 16.2 Å². The Bertz CT molecular complexity index is 432. The summed E-state index contributed by atoms with van der Waals surface area (Å²) in [7, 11) is 0. The summed E-state index contributed by atoms with van der Waals surface area (Å²) in [5.41, 5.74) is 0.461. The molecule has 0 bridgehead atoms. The van der Waals surface area contributed by atoms with Crippen LogP contribution in [0.2, 0.25) is 5.02 Å². The molecule has 0 heterocycles. The number of hydrogen-bond acceptors (Lipinski definition) is 1. The van der Waals surface area contributed by atoms with Crippen LogP contribution < -0.4 is 0 Å². The Kier molecular flexibility index (Phi) is 3.51. The monoisotopic (exact) mass is 229 g/mol. The van der Waals surface area contributed by atoms with Crippen LogP contribution >= 0.6 is 23.2 Å². The van der Waals surface area contributed by atoms with Crippen molar-refractivity contribution in [3.05, 3.63) is 40.2 Å². The summed E-state index contributed by atoms with van der Waals surface area (Å²) in [6.45, 7) is 1.52. The quantitative estimate of drug-likeness (QED) is 0.669. The van der Waals surface area contributed by atoms with E-state index in [4.69, 9.17) is 28.5 Å². The van der Waals surface area contributed by atoms with Gasteiger partial charge in [0.05, 0.1) is 11.1 Å². The van der Waals surface area contributed by atoms with Crippen molar-refractivity contribution in [2.75, 3.05) is 0 Å². The van der Waals surface area contributed by atoms with Gasteiger partial charge in [0.2, 0.25) is 0 Å². The lowest BCUT2D eigenvalue weighted by Gasteiger charge is -2.02. The van der Waals surface area contributed by atoms with Crippen LogP contribution in [0, 0.1) is 17.1 Å². The molecule has 4 heteroatoms. The maximum atomic E-state index is 13.3. The first-order chi connectivity index (χ1) is 6.56. The molecule has 0 radical (unpaired) electrons. The van der Waals surface area contributed by atoms with Crippen molar-refractivity contribution in [3.63, 3.8) is 0 Å². The molecule has 0 atom stereocenters. The van der Waals surface area contributed by atoms with Crippen LogP contribution in [-0.4, -0.2) is 0 Å². The van der Waals surface area contributed by atoms with Crippen LogP contribution in [0.15, 0.2) is 23.8 Å². The topological polar surface area (TPSA) is 23.8 Å². The van der Waals surface area contributed by atoms with Gasteiger partial charge in [0.25, 0.3) is 0 Å². The zero-order chi connectivity index (χ0) is 10.7. The van der Waals surface area contributed by atoms with E-state index in [2.05, 4.69) is 0 Å². The summed E-state index contributed by atoms with van der Waals surface area (Å²) < 4.78 is 13.3. The Labute approximate surface area is 91.4 Å². The second-order valence-corrected chi connectivity index (χ2v) is 3.49. The van der Waals surface area contributed by atoms with E-state index in [9.17, 15) is 4.39 Å². The maximum absolute atomic E-state index is 13.3. The van der Waals surface area contributed by atoms with Gasteiger partial charge < -0.3 is 0 Å². The molecule has 0 aliphatic heterocycles. The molecule has 0 unspecified atom stereocenters. The van der Waals surface area contributed by atoms with Gasteiger partial charge in [-0.2, -0.15) is 5.26 Å². The maximum Gasteiger partial charge on any atom is 0.133 e. The highest BCUT2D eigenvalue weighted by atomic mass is 35.5. The molecule has 1 aromatic rings. The molecular weight excluding hydrogens is 224 g/mol. The Hall–Kier alpha value is -1.04. The van der Waals surface area contributed by atoms with E-state index in [0.29, 0.717) is 5.02 Å². The largest absolute Gasteiger partial charge is 0.206 e. The zero-order valence-corrected chi connectivity index (χ0v) is 8.83. The normalized spacial score (nSPS) is 11.9. The van der Waals surface area contributed by atoms with Gasteiger partial charge in [-0.05, 0) is 25.1 Å². The van der Waals surface area contributed by atoms with Gasteiger partial charge in [-0.3, -0.25) is 0 Å². The highest BCUT2D eigenvalue weighted by molar-refractivity contribution is 6.49. The molecule has 1 aromatic carbocycles. The molecule has 0 amide bonds. The average molecular weight is 230 g/mol. The van der Waals surface area contributed by atoms with Gasteiger partial charge in [-0.1, -0.05) is 23.2 Å². The Morgan fingerprint density at radius 3 is 2.64 bits per heavy atom. The zero-order valence-electron chi connectivity index (χ0n) is 7.31. The highest BCUT2D eigenvalue weighted by Gasteiger charge is 2.08. The van der Waals surface area contributed by atoms with E-state index < -0.39 is 5.82 Å². The third-order valence-electron chi connectivity index (χ3n) is 1.66. The van der Waals surface area contributed by atoms with Crippen LogP contribution in [0.1, 0.15) is 12.5 Å². The number of benzene rings is 1. The SMILES string of the molecule is C/C(C#N)=C(/Cl)c1ccc(Cl)cc1F. The van der Waals surface area contributed by atoms with Crippen LogP contribution in [0.3, 0.4) is 0 Å². The predicted molar refractivity (Wildman–Crippen MR) is 55.5 cm³/mol. The predicted octanol–water partition coefficient (Wildman–Crippen LogP) is 3.97. The minimum atomic E-state index is -0.530. The number of nitriles is 1. The molecule has 0 aromatic heterocycles. The van der Waals surface area contributed by atoms with Crippen molar-refractivity contribution in [2.24, 2.45) is 0 Å². The molecule has 0 saturated carbocycles. The molecule has 0 N–H and O–H groups in total. The van der Waals surface area contributed by atoms with E-state index in [0.717, 1.165) is 6.07 Å². The molecule has 0 aliphatic rings. The van der Waals surface area contributed by atoms with E-state index >= 15 is 0 Å². The van der Waals surface area contributed by atoms with Crippen molar-refractivity contribution in [3.8, 4) is 6.07 Å². The van der Waals surface area contributed by atoms with Gasteiger partial charge in [0.1, 0.15) is 5.82 Å². The summed E-state index contributed by atoms with van der Waals surface area (Å²) in [6, 6.07) is 5.98. The summed E-state index contributed by atoms with van der Waals surface area (Å²) in [6.07, 6.45) is 0. The van der Waals surface area contributed by atoms with Crippen molar-refractivity contribution in [2.45, 2.75) is 6.92 Å². The van der Waals surface area contributed by atoms with Crippen LogP contribution in [0.5, 0.6) is 0 Å². The third-order valence-corrected chi connectivity index (χ3v) is 2.39. The van der Waals surface area contributed by atoms with E-state index in [1.165, 1.54) is 19.1 Å². The molecular formula is C10H6Cl2FN. The molecule has 14 heavy (non-hydrogen) atoms. The molecule has 0 fully saturated rings. The Morgan fingerprint density at radius 2 is 2.14 bits per heavy atom. The molecule has 1 rings (SSSR count). The summed E-state index contributed by atoms with van der Waals surface area (Å²) in [5, 5.41) is 8.98. The fourth-order valence-electron chi connectivity index (χ4n) is 0.919. The lowest BCUT2D eigenvalue weighted by molar-refractivity contribution is 0.624. The number of hydrogen-bond donors (Lipinski definition) is 0. The molecule has 0 saturated heterocycles. The van der Waals surface area contributed by atoms with Crippen molar-refractivity contribution < 1.29 is 4.39 Å². The lowest BCUT2D eigenvalue weighted by Crippen LogP contribution is -1.87. The lowest BCUT2D eigenvalue weighted by atomic mass is 10.1. The van der Waals surface area contributed by atoms with Crippen molar-refractivity contribution >= 4 is 28.2 Å². The van der Waals surface area contributed by atoms with E-state index in [1.54, 1.807) is 0 Å². The average Bonchev–Trinajstić information content (AvgIpc) is 2.15. The standard InChI is InChI=1S/C10H6Cl2FN/c1-6(5-14)10(12)8-3-2-7(11)4-9(8)13/h2-4H,1H3/b10-6-. The fraction of sp³-hybridized carbons (Fsp3) is 0.100. The van der Waals surface area contributed by atoms with E-state index in [-0.39, 0.29) is 16.2 Å². The van der Waals surface area contributed by atoms with Crippen molar-refractivity contribution in [1.82, 2.24) is 0 Å². The van der Waals surface area contributed by atoms with Gasteiger partial charge in [0.15, 0.2) is 0 Å². The van der Waals surface area contributed by atoms with Crippen LogP contribution in [-0.2, 0) is 0 Å².